The summed E-state index contributed by atoms with van der Waals surface area (Å²) >= 11 is 0. The lowest BCUT2D eigenvalue weighted by atomic mass is 10.2. The molecule has 0 aromatic heterocycles. The van der Waals surface area contributed by atoms with E-state index in [2.05, 4.69) is 22.4 Å². The first kappa shape index (κ1) is 13.5. The van der Waals surface area contributed by atoms with Crippen molar-refractivity contribution in [3.05, 3.63) is 17.7 Å². The number of ether oxygens (including phenoxy) is 3. The Morgan fingerprint density at radius 1 is 1.20 bits per heavy atom. The highest BCUT2D eigenvalue weighted by Crippen LogP contribution is 2.41. The lowest BCUT2D eigenvalue weighted by Crippen LogP contribution is -2.50. The Morgan fingerprint density at radius 2 is 2.00 bits per heavy atom. The highest BCUT2D eigenvalue weighted by atomic mass is 16.7. The topological polar surface area (TPSA) is 46.2 Å². The molecule has 20 heavy (non-hydrogen) atoms. The van der Waals surface area contributed by atoms with Crippen molar-refractivity contribution in [2.45, 2.75) is 6.54 Å². The number of likely N-dealkylation sites (N-methyl/N-ethyl adjacent to an activating group) is 1. The van der Waals surface area contributed by atoms with Crippen molar-refractivity contribution in [3.8, 4) is 17.2 Å². The number of nitrogens with zero attached hydrogens (tertiary/aromatic N) is 2. The van der Waals surface area contributed by atoms with Crippen LogP contribution in [0.5, 0.6) is 17.2 Å². The van der Waals surface area contributed by atoms with Crippen molar-refractivity contribution in [2.75, 3.05) is 47.1 Å². The third kappa shape index (κ3) is 2.82. The first-order chi connectivity index (χ1) is 9.76. The number of fused-ring (bicyclic) bond motifs is 1. The largest absolute Gasteiger partial charge is 0.493 e. The van der Waals surface area contributed by atoms with E-state index in [9.17, 15) is 0 Å². The van der Waals surface area contributed by atoms with E-state index in [0.29, 0.717) is 5.75 Å². The van der Waals surface area contributed by atoms with E-state index in [4.69, 9.17) is 14.2 Å². The van der Waals surface area contributed by atoms with Gasteiger partial charge in [-0.2, -0.15) is 0 Å². The van der Waals surface area contributed by atoms with E-state index in [1.54, 1.807) is 7.11 Å². The fourth-order valence-corrected chi connectivity index (χ4v) is 2.45. The molecule has 6 nitrogen and oxygen atoms in total. The zero-order valence-electron chi connectivity index (χ0n) is 12.0. The Labute approximate surface area is 119 Å². The smallest absolute Gasteiger partial charge is 0.231 e. The highest BCUT2D eigenvalue weighted by Gasteiger charge is 2.20. The fraction of sp³-hybridized carbons (Fsp3) is 0.571. The lowest BCUT2D eigenvalue weighted by molar-refractivity contribution is 0.102. The van der Waals surface area contributed by atoms with Crippen LogP contribution in [-0.4, -0.2) is 57.0 Å². The van der Waals surface area contributed by atoms with Gasteiger partial charge in [-0.05, 0) is 24.7 Å². The molecule has 0 saturated carbocycles. The number of piperazine rings is 1. The van der Waals surface area contributed by atoms with Crippen LogP contribution in [0.2, 0.25) is 0 Å². The summed E-state index contributed by atoms with van der Waals surface area (Å²) in [4.78, 5) is 2.34. The molecule has 1 fully saturated rings. The first-order valence-corrected chi connectivity index (χ1v) is 6.90. The summed E-state index contributed by atoms with van der Waals surface area (Å²) < 4.78 is 16.2. The normalized spacial score (nSPS) is 19.3. The van der Waals surface area contributed by atoms with E-state index in [1.165, 1.54) is 0 Å². The van der Waals surface area contributed by atoms with E-state index in [1.807, 2.05) is 12.1 Å². The van der Waals surface area contributed by atoms with Gasteiger partial charge in [-0.25, -0.2) is 5.01 Å². The molecule has 2 aliphatic heterocycles. The number of nitrogens with one attached hydrogen (secondary N) is 1. The monoisotopic (exact) mass is 279 g/mol. The molecule has 2 aliphatic rings. The van der Waals surface area contributed by atoms with Gasteiger partial charge in [-0.15, -0.1) is 0 Å². The van der Waals surface area contributed by atoms with Gasteiger partial charge in [0.2, 0.25) is 12.5 Å². The SMILES string of the molecule is COc1cc(CNN2CCN(C)CC2)cc2c1OCO2. The van der Waals surface area contributed by atoms with Gasteiger partial charge in [0.25, 0.3) is 0 Å². The molecule has 0 radical (unpaired) electrons. The van der Waals surface area contributed by atoms with Crippen LogP contribution < -0.4 is 19.6 Å². The molecular formula is C14H21N3O3. The minimum absolute atomic E-state index is 0.265. The Bertz CT molecular complexity index is 473. The number of hydrazine groups is 1. The quantitative estimate of drug-likeness (QED) is 0.874. The van der Waals surface area contributed by atoms with Crippen LogP contribution in [0.4, 0.5) is 0 Å². The number of hydrogen-bond acceptors (Lipinski definition) is 6. The molecule has 0 amide bonds. The Kier molecular flexibility index (Phi) is 3.95. The fourth-order valence-electron chi connectivity index (χ4n) is 2.45. The summed E-state index contributed by atoms with van der Waals surface area (Å²) in [6.07, 6.45) is 0. The van der Waals surface area contributed by atoms with Crippen LogP contribution in [0.15, 0.2) is 12.1 Å². The predicted octanol–water partition coefficient (Wildman–Crippen LogP) is 0.676. The molecule has 0 unspecified atom stereocenters. The molecule has 110 valence electrons. The summed E-state index contributed by atoms with van der Waals surface area (Å²) in [5.41, 5.74) is 4.59. The Balaban J connectivity index is 1.63. The average molecular weight is 279 g/mol. The Morgan fingerprint density at radius 3 is 2.75 bits per heavy atom. The molecule has 1 N–H and O–H groups in total. The van der Waals surface area contributed by atoms with E-state index >= 15 is 0 Å². The molecule has 1 aromatic rings. The zero-order chi connectivity index (χ0) is 13.9. The molecule has 0 atom stereocenters. The Hall–Kier alpha value is -1.50. The minimum atomic E-state index is 0.265. The van der Waals surface area contributed by atoms with Crippen LogP contribution in [-0.2, 0) is 6.54 Å². The van der Waals surface area contributed by atoms with E-state index in [0.717, 1.165) is 49.8 Å². The van der Waals surface area contributed by atoms with E-state index in [-0.39, 0.29) is 6.79 Å². The van der Waals surface area contributed by atoms with Crippen LogP contribution in [0.25, 0.3) is 0 Å². The third-order valence-electron chi connectivity index (χ3n) is 3.73. The standard InChI is InChI=1S/C14H21N3O3/c1-16-3-5-17(6-4-16)15-9-11-7-12(18-2)14-13(8-11)19-10-20-14/h7-8,15H,3-6,9-10H2,1-2H3. The van der Waals surface area contributed by atoms with Gasteiger partial charge >= 0.3 is 0 Å². The van der Waals surface area contributed by atoms with Crippen LogP contribution in [0.3, 0.4) is 0 Å². The van der Waals surface area contributed by atoms with Gasteiger partial charge in [0.1, 0.15) is 0 Å². The molecule has 6 heteroatoms. The maximum absolute atomic E-state index is 5.44. The summed E-state index contributed by atoms with van der Waals surface area (Å²) in [7, 11) is 3.80. The summed E-state index contributed by atoms with van der Waals surface area (Å²) in [5.74, 6) is 2.20. The second kappa shape index (κ2) is 5.87. The molecule has 3 rings (SSSR count). The highest BCUT2D eigenvalue weighted by molar-refractivity contribution is 5.55. The van der Waals surface area contributed by atoms with Gasteiger partial charge in [-0.3, -0.25) is 5.43 Å². The lowest BCUT2D eigenvalue weighted by Gasteiger charge is -2.32. The average Bonchev–Trinajstić information content (AvgIpc) is 2.94. The maximum Gasteiger partial charge on any atom is 0.231 e. The molecule has 1 saturated heterocycles. The number of rotatable bonds is 4. The second-order valence-corrected chi connectivity index (χ2v) is 5.16. The van der Waals surface area contributed by atoms with Gasteiger partial charge in [0.15, 0.2) is 11.5 Å². The predicted molar refractivity (Wildman–Crippen MR) is 75.0 cm³/mol. The van der Waals surface area contributed by atoms with Gasteiger partial charge in [0.05, 0.1) is 7.11 Å². The maximum atomic E-state index is 5.44. The molecular weight excluding hydrogens is 258 g/mol. The van der Waals surface area contributed by atoms with Crippen molar-refractivity contribution in [3.63, 3.8) is 0 Å². The van der Waals surface area contributed by atoms with E-state index < -0.39 is 0 Å². The first-order valence-electron chi connectivity index (χ1n) is 6.90. The zero-order valence-corrected chi connectivity index (χ0v) is 12.0. The van der Waals surface area contributed by atoms with Crippen molar-refractivity contribution in [2.24, 2.45) is 0 Å². The molecule has 0 aliphatic carbocycles. The van der Waals surface area contributed by atoms with Gasteiger partial charge < -0.3 is 19.1 Å². The minimum Gasteiger partial charge on any atom is -0.493 e. The van der Waals surface area contributed by atoms with Gasteiger partial charge in [0, 0.05) is 32.7 Å². The van der Waals surface area contributed by atoms with Crippen LogP contribution in [0, 0.1) is 0 Å². The molecule has 0 bridgehead atoms. The summed E-state index contributed by atoms with van der Waals surface area (Å²) in [5, 5.41) is 2.26. The number of methoxy groups -OCH3 is 1. The molecule has 0 spiro atoms. The van der Waals surface area contributed by atoms with Crippen molar-refractivity contribution in [1.29, 1.82) is 0 Å². The van der Waals surface area contributed by atoms with Crippen molar-refractivity contribution >= 4 is 0 Å². The third-order valence-corrected chi connectivity index (χ3v) is 3.73. The number of hydrogen-bond donors (Lipinski definition) is 1. The van der Waals surface area contributed by atoms with Crippen LogP contribution >= 0.6 is 0 Å². The van der Waals surface area contributed by atoms with Gasteiger partial charge in [-0.1, -0.05) is 0 Å². The molecule has 2 heterocycles. The van der Waals surface area contributed by atoms with Crippen molar-refractivity contribution in [1.82, 2.24) is 15.3 Å². The van der Waals surface area contributed by atoms with Crippen LogP contribution in [0.1, 0.15) is 5.56 Å². The number of benzene rings is 1. The molecule has 1 aromatic carbocycles. The second-order valence-electron chi connectivity index (χ2n) is 5.16. The summed E-state index contributed by atoms with van der Waals surface area (Å²) in [6, 6.07) is 4.00. The summed E-state index contributed by atoms with van der Waals surface area (Å²) in [6.45, 7) is 5.29. The van der Waals surface area contributed by atoms with Crippen molar-refractivity contribution < 1.29 is 14.2 Å².